The van der Waals surface area contributed by atoms with Crippen LogP contribution >= 0.6 is 0 Å². The highest BCUT2D eigenvalue weighted by Gasteiger charge is 2.16. The molecule has 2 aromatic rings. The van der Waals surface area contributed by atoms with E-state index in [-0.39, 0.29) is 5.91 Å². The van der Waals surface area contributed by atoms with Crippen LogP contribution in [0.25, 0.3) is 11.1 Å². The van der Waals surface area contributed by atoms with Crippen LogP contribution in [0.2, 0.25) is 0 Å². The zero-order valence-electron chi connectivity index (χ0n) is 15.2. The van der Waals surface area contributed by atoms with E-state index >= 15 is 0 Å². The summed E-state index contributed by atoms with van der Waals surface area (Å²) >= 11 is 0. The number of carbonyl (C=O) groups excluding carboxylic acids is 1. The molecule has 1 aromatic carbocycles. The van der Waals surface area contributed by atoms with Crippen molar-refractivity contribution in [3.63, 3.8) is 0 Å². The molecule has 0 aliphatic carbocycles. The predicted octanol–water partition coefficient (Wildman–Crippen LogP) is 2.38. The first-order chi connectivity index (χ1) is 12.8. The molecule has 0 unspecified atom stereocenters. The molecule has 6 nitrogen and oxygen atoms in total. The second-order valence-corrected chi connectivity index (χ2v) is 6.36. The Morgan fingerprint density at radius 2 is 2.00 bits per heavy atom. The van der Waals surface area contributed by atoms with Gasteiger partial charge in [0.25, 0.3) is 0 Å². The maximum Gasteiger partial charge on any atom is 0.236 e. The lowest BCUT2D eigenvalue weighted by molar-refractivity contribution is -0.129. The molecule has 0 atom stereocenters. The number of aromatic nitrogens is 1. The first-order valence-corrected chi connectivity index (χ1v) is 9.09. The molecule has 2 heterocycles. The van der Waals surface area contributed by atoms with Gasteiger partial charge in [-0.1, -0.05) is 12.1 Å². The minimum Gasteiger partial charge on any atom is -0.497 e. The highest BCUT2D eigenvalue weighted by Crippen LogP contribution is 2.23. The molecule has 1 saturated heterocycles. The van der Waals surface area contributed by atoms with Crippen LogP contribution in [0, 0.1) is 0 Å². The minimum absolute atomic E-state index is 0.197. The van der Waals surface area contributed by atoms with E-state index in [0.717, 1.165) is 61.7 Å². The molecule has 26 heavy (non-hydrogen) atoms. The summed E-state index contributed by atoms with van der Waals surface area (Å²) in [7, 11) is 1.66. The Kier molecular flexibility index (Phi) is 6.44. The number of nitrogens with one attached hydrogen (secondary N) is 2. The van der Waals surface area contributed by atoms with Gasteiger partial charge in [-0.15, -0.1) is 0 Å². The second-order valence-electron chi connectivity index (χ2n) is 6.36. The second kappa shape index (κ2) is 9.20. The van der Waals surface area contributed by atoms with Gasteiger partial charge in [-0.25, -0.2) is 4.98 Å². The Morgan fingerprint density at radius 3 is 2.73 bits per heavy atom. The Balaban J connectivity index is 1.41. The average molecular weight is 354 g/mol. The molecule has 1 amide bonds. The van der Waals surface area contributed by atoms with Crippen molar-refractivity contribution in [2.75, 3.05) is 45.2 Å². The van der Waals surface area contributed by atoms with E-state index < -0.39 is 0 Å². The molecule has 2 N–H and O–H groups in total. The first kappa shape index (κ1) is 18.2. The summed E-state index contributed by atoms with van der Waals surface area (Å²) in [6, 6.07) is 11.9. The lowest BCUT2D eigenvalue weighted by atomic mass is 10.1. The standard InChI is InChI=1S/C20H26N4O2/c1-26-18-6-4-5-16(13-18)17-7-8-19(23-14-17)22-10-9-21-15-20(25)24-11-2-3-12-24/h4-8,13-14,21H,2-3,9-12,15H2,1H3,(H,22,23). The quantitative estimate of drug-likeness (QED) is 0.713. The van der Waals surface area contributed by atoms with Gasteiger partial charge in [-0.2, -0.15) is 0 Å². The van der Waals surface area contributed by atoms with E-state index in [1.54, 1.807) is 7.11 Å². The number of hydrogen-bond acceptors (Lipinski definition) is 5. The van der Waals surface area contributed by atoms with Crippen LogP contribution in [0.5, 0.6) is 5.75 Å². The highest BCUT2D eigenvalue weighted by atomic mass is 16.5. The molecule has 3 rings (SSSR count). The smallest absolute Gasteiger partial charge is 0.236 e. The number of hydrogen-bond donors (Lipinski definition) is 2. The molecule has 6 heteroatoms. The van der Waals surface area contributed by atoms with Crippen LogP contribution in [0.3, 0.4) is 0 Å². The summed E-state index contributed by atoms with van der Waals surface area (Å²) in [6.45, 7) is 3.66. The Labute approximate surface area is 154 Å². The van der Waals surface area contributed by atoms with Gasteiger partial charge in [0.1, 0.15) is 11.6 Å². The number of methoxy groups -OCH3 is 1. The third kappa shape index (κ3) is 4.95. The summed E-state index contributed by atoms with van der Waals surface area (Å²) in [5, 5.41) is 6.45. The Hall–Kier alpha value is -2.60. The SMILES string of the molecule is COc1cccc(-c2ccc(NCCNCC(=O)N3CCCC3)nc2)c1. The van der Waals surface area contributed by atoms with Crippen molar-refractivity contribution in [1.82, 2.24) is 15.2 Å². The Morgan fingerprint density at radius 1 is 1.15 bits per heavy atom. The monoisotopic (exact) mass is 354 g/mol. The van der Waals surface area contributed by atoms with Crippen molar-refractivity contribution in [1.29, 1.82) is 0 Å². The molecular weight excluding hydrogens is 328 g/mol. The van der Waals surface area contributed by atoms with Crippen molar-refractivity contribution >= 4 is 11.7 Å². The van der Waals surface area contributed by atoms with Crippen LogP contribution in [-0.2, 0) is 4.79 Å². The van der Waals surface area contributed by atoms with Crippen LogP contribution in [0.1, 0.15) is 12.8 Å². The van der Waals surface area contributed by atoms with Crippen LogP contribution in [0.4, 0.5) is 5.82 Å². The summed E-state index contributed by atoms with van der Waals surface area (Å²) in [6.07, 6.45) is 4.11. The number of carbonyl (C=O) groups is 1. The third-order valence-corrected chi connectivity index (χ3v) is 4.51. The highest BCUT2D eigenvalue weighted by molar-refractivity contribution is 5.78. The summed E-state index contributed by atoms with van der Waals surface area (Å²) in [4.78, 5) is 18.3. The zero-order chi connectivity index (χ0) is 18.2. The number of rotatable bonds is 8. The fourth-order valence-electron chi connectivity index (χ4n) is 3.02. The number of amides is 1. The van der Waals surface area contributed by atoms with Crippen molar-refractivity contribution in [2.45, 2.75) is 12.8 Å². The molecule has 1 aromatic heterocycles. The van der Waals surface area contributed by atoms with Crippen LogP contribution in [-0.4, -0.2) is 55.6 Å². The van der Waals surface area contributed by atoms with Gasteiger partial charge in [0.15, 0.2) is 0 Å². The van der Waals surface area contributed by atoms with Gasteiger partial charge >= 0.3 is 0 Å². The van der Waals surface area contributed by atoms with E-state index in [2.05, 4.69) is 15.6 Å². The fourth-order valence-corrected chi connectivity index (χ4v) is 3.02. The number of ether oxygens (including phenoxy) is 1. The molecule has 0 saturated carbocycles. The molecule has 1 fully saturated rings. The predicted molar refractivity (Wildman–Crippen MR) is 103 cm³/mol. The van der Waals surface area contributed by atoms with Gasteiger partial charge in [-0.3, -0.25) is 4.79 Å². The molecular formula is C20H26N4O2. The topological polar surface area (TPSA) is 66.5 Å². The van der Waals surface area contributed by atoms with Gasteiger partial charge in [0.05, 0.1) is 13.7 Å². The fraction of sp³-hybridized carbons (Fsp3) is 0.400. The third-order valence-electron chi connectivity index (χ3n) is 4.51. The molecule has 0 bridgehead atoms. The maximum absolute atomic E-state index is 11.9. The number of benzene rings is 1. The molecule has 1 aliphatic heterocycles. The summed E-state index contributed by atoms with van der Waals surface area (Å²) < 4.78 is 5.26. The van der Waals surface area contributed by atoms with E-state index in [1.807, 2.05) is 47.5 Å². The maximum atomic E-state index is 11.9. The lowest BCUT2D eigenvalue weighted by Gasteiger charge is -2.15. The first-order valence-electron chi connectivity index (χ1n) is 9.09. The zero-order valence-corrected chi connectivity index (χ0v) is 15.2. The molecule has 138 valence electrons. The largest absolute Gasteiger partial charge is 0.497 e. The van der Waals surface area contributed by atoms with Gasteiger partial charge in [-0.05, 0) is 42.7 Å². The minimum atomic E-state index is 0.197. The average Bonchev–Trinajstić information content (AvgIpc) is 3.23. The molecule has 0 radical (unpaired) electrons. The van der Waals surface area contributed by atoms with Gasteiger partial charge in [0, 0.05) is 37.9 Å². The summed E-state index contributed by atoms with van der Waals surface area (Å²) in [5.74, 6) is 1.85. The van der Waals surface area contributed by atoms with Crippen molar-refractivity contribution in [3.8, 4) is 16.9 Å². The van der Waals surface area contributed by atoms with E-state index in [9.17, 15) is 4.79 Å². The number of anilines is 1. The van der Waals surface area contributed by atoms with Crippen molar-refractivity contribution in [2.24, 2.45) is 0 Å². The van der Waals surface area contributed by atoms with Crippen molar-refractivity contribution in [3.05, 3.63) is 42.6 Å². The number of pyridine rings is 1. The molecule has 0 spiro atoms. The van der Waals surface area contributed by atoms with E-state index in [1.165, 1.54) is 0 Å². The van der Waals surface area contributed by atoms with E-state index in [4.69, 9.17) is 4.74 Å². The molecule has 1 aliphatic rings. The van der Waals surface area contributed by atoms with Crippen LogP contribution in [0.15, 0.2) is 42.6 Å². The normalized spacial score (nSPS) is 13.7. The summed E-state index contributed by atoms with van der Waals surface area (Å²) in [5.41, 5.74) is 2.12. The Bertz CT molecular complexity index is 712. The van der Waals surface area contributed by atoms with Crippen molar-refractivity contribution < 1.29 is 9.53 Å². The number of nitrogens with zero attached hydrogens (tertiary/aromatic N) is 2. The van der Waals surface area contributed by atoms with Crippen LogP contribution < -0.4 is 15.4 Å². The van der Waals surface area contributed by atoms with Gasteiger partial charge < -0.3 is 20.3 Å². The number of likely N-dealkylation sites (tertiary alicyclic amines) is 1. The van der Waals surface area contributed by atoms with Gasteiger partial charge in [0.2, 0.25) is 5.91 Å². The lowest BCUT2D eigenvalue weighted by Crippen LogP contribution is -2.37. The van der Waals surface area contributed by atoms with E-state index in [0.29, 0.717) is 6.54 Å².